The molecule has 2 aromatic rings. The largest absolute Gasteiger partial charge is 0.357 e. The number of nitro benzene ring substituents is 1. The van der Waals surface area contributed by atoms with Crippen molar-refractivity contribution in [2.24, 2.45) is 4.99 Å². The van der Waals surface area contributed by atoms with Gasteiger partial charge in [-0.2, -0.15) is 0 Å². The van der Waals surface area contributed by atoms with Crippen molar-refractivity contribution in [3.8, 4) is 0 Å². The van der Waals surface area contributed by atoms with Gasteiger partial charge in [0.05, 0.1) is 11.5 Å². The molecule has 7 heteroatoms. The number of rotatable bonds is 6. The number of guanidine groups is 1. The molecular weight excluding hydrogens is 328 g/mol. The number of para-hydroxylation sites is 1. The number of nitrogens with zero attached hydrogens (tertiary/aromatic N) is 2. The van der Waals surface area contributed by atoms with Crippen LogP contribution in [-0.4, -0.2) is 17.4 Å². The molecule has 0 radical (unpaired) electrons. The molecule has 0 aliphatic rings. The number of halogens is 1. The van der Waals surface area contributed by atoms with Crippen LogP contribution in [0.25, 0.3) is 0 Å². The summed E-state index contributed by atoms with van der Waals surface area (Å²) in [4.78, 5) is 15.2. The molecule has 126 valence electrons. The molecule has 0 aliphatic carbocycles. The smallest absolute Gasteiger partial charge is 0.274 e. The fraction of sp³-hybridized carbons (Fsp3) is 0.235. The van der Waals surface area contributed by atoms with E-state index in [4.69, 9.17) is 11.6 Å². The Hall–Kier alpha value is -2.60. The summed E-state index contributed by atoms with van der Waals surface area (Å²) in [6, 6.07) is 14.1. The molecule has 0 fully saturated rings. The minimum absolute atomic E-state index is 0.0932. The number of benzene rings is 2. The van der Waals surface area contributed by atoms with Gasteiger partial charge in [-0.15, -0.1) is 0 Å². The molecule has 2 aromatic carbocycles. The molecule has 0 spiro atoms. The Kier molecular flexibility index (Phi) is 6.57. The van der Waals surface area contributed by atoms with Gasteiger partial charge in [0.25, 0.3) is 5.69 Å². The minimum Gasteiger partial charge on any atom is -0.357 e. The quantitative estimate of drug-likeness (QED) is 0.363. The Morgan fingerprint density at radius 2 is 2.00 bits per heavy atom. The lowest BCUT2D eigenvalue weighted by Gasteiger charge is -2.11. The van der Waals surface area contributed by atoms with Gasteiger partial charge in [0.15, 0.2) is 5.96 Å². The summed E-state index contributed by atoms with van der Waals surface area (Å²) in [6.07, 6.45) is 0. The maximum Gasteiger partial charge on any atom is 0.274 e. The van der Waals surface area contributed by atoms with E-state index in [9.17, 15) is 10.1 Å². The van der Waals surface area contributed by atoms with Crippen LogP contribution in [-0.2, 0) is 13.1 Å². The fourth-order valence-electron chi connectivity index (χ4n) is 2.16. The van der Waals surface area contributed by atoms with E-state index in [1.54, 1.807) is 18.2 Å². The first-order chi connectivity index (χ1) is 11.6. The number of nitrogens with one attached hydrogen (secondary N) is 2. The van der Waals surface area contributed by atoms with E-state index in [0.29, 0.717) is 36.2 Å². The fourth-order valence-corrected chi connectivity index (χ4v) is 2.38. The number of hydrogen-bond donors (Lipinski definition) is 2. The van der Waals surface area contributed by atoms with Gasteiger partial charge in [-0.1, -0.05) is 41.9 Å². The highest BCUT2D eigenvalue weighted by atomic mass is 35.5. The van der Waals surface area contributed by atoms with Gasteiger partial charge >= 0.3 is 0 Å². The molecule has 2 N–H and O–H groups in total. The molecule has 0 bridgehead atoms. The van der Waals surface area contributed by atoms with Crippen molar-refractivity contribution in [1.29, 1.82) is 0 Å². The second kappa shape index (κ2) is 8.88. The highest BCUT2D eigenvalue weighted by Gasteiger charge is 2.12. The molecule has 0 aliphatic heterocycles. The summed E-state index contributed by atoms with van der Waals surface area (Å²) in [6.45, 7) is 3.44. The van der Waals surface area contributed by atoms with E-state index in [1.165, 1.54) is 6.07 Å². The zero-order valence-corrected chi connectivity index (χ0v) is 14.1. The third kappa shape index (κ3) is 5.24. The molecular formula is C17H19ClN4O2. The van der Waals surface area contributed by atoms with Gasteiger partial charge in [0.1, 0.15) is 0 Å². The Bertz CT molecular complexity index is 734. The van der Waals surface area contributed by atoms with Gasteiger partial charge in [0, 0.05) is 29.7 Å². The van der Waals surface area contributed by atoms with Crippen LogP contribution in [0.1, 0.15) is 18.1 Å². The molecule has 0 unspecified atom stereocenters. The monoisotopic (exact) mass is 346 g/mol. The summed E-state index contributed by atoms with van der Waals surface area (Å²) >= 11 is 5.97. The first-order valence-electron chi connectivity index (χ1n) is 7.59. The lowest BCUT2D eigenvalue weighted by molar-refractivity contribution is -0.385. The molecule has 0 atom stereocenters. The second-order valence-corrected chi connectivity index (χ2v) is 5.50. The molecule has 6 nitrogen and oxygen atoms in total. The third-order valence-electron chi connectivity index (χ3n) is 3.29. The van der Waals surface area contributed by atoms with Crippen LogP contribution in [0, 0.1) is 10.1 Å². The molecule has 0 saturated carbocycles. The van der Waals surface area contributed by atoms with Crippen LogP contribution in [0.4, 0.5) is 5.69 Å². The first-order valence-corrected chi connectivity index (χ1v) is 7.97. The summed E-state index contributed by atoms with van der Waals surface area (Å²) in [5.74, 6) is 0.593. The van der Waals surface area contributed by atoms with Crippen molar-refractivity contribution in [1.82, 2.24) is 10.6 Å². The van der Waals surface area contributed by atoms with Crippen LogP contribution in [0.3, 0.4) is 0 Å². The van der Waals surface area contributed by atoms with E-state index < -0.39 is 0 Å². The maximum absolute atomic E-state index is 11.1. The summed E-state index contributed by atoms with van der Waals surface area (Å²) in [5.41, 5.74) is 1.69. The number of hydrogen-bond acceptors (Lipinski definition) is 3. The zero-order chi connectivity index (χ0) is 17.4. The predicted octanol–water partition coefficient (Wildman–Crippen LogP) is 3.50. The molecule has 2 rings (SSSR count). The maximum atomic E-state index is 11.1. The van der Waals surface area contributed by atoms with E-state index in [-0.39, 0.29) is 10.6 Å². The van der Waals surface area contributed by atoms with Crippen LogP contribution in [0.15, 0.2) is 53.5 Å². The molecule has 24 heavy (non-hydrogen) atoms. The van der Waals surface area contributed by atoms with Gasteiger partial charge < -0.3 is 10.6 Å². The van der Waals surface area contributed by atoms with Crippen molar-refractivity contribution >= 4 is 23.2 Å². The van der Waals surface area contributed by atoms with Crippen molar-refractivity contribution in [3.63, 3.8) is 0 Å². The second-order valence-electron chi connectivity index (χ2n) is 5.06. The van der Waals surface area contributed by atoms with Crippen LogP contribution in [0.2, 0.25) is 5.02 Å². The SMILES string of the molecule is CCNC(=NCc1cccc(Cl)c1)NCc1ccccc1[N+](=O)[O-]. The predicted molar refractivity (Wildman–Crippen MR) is 96.2 cm³/mol. The summed E-state index contributed by atoms with van der Waals surface area (Å²) in [5, 5.41) is 18.0. The van der Waals surface area contributed by atoms with Gasteiger partial charge in [0.2, 0.25) is 0 Å². The molecule has 0 heterocycles. The van der Waals surface area contributed by atoms with Crippen LogP contribution >= 0.6 is 11.6 Å². The first kappa shape index (κ1) is 17.7. The Balaban J connectivity index is 2.06. The van der Waals surface area contributed by atoms with E-state index in [1.807, 2.05) is 31.2 Å². The number of aliphatic imine (C=N–C) groups is 1. The highest BCUT2D eigenvalue weighted by molar-refractivity contribution is 6.30. The summed E-state index contributed by atoms with van der Waals surface area (Å²) < 4.78 is 0. The lowest BCUT2D eigenvalue weighted by atomic mass is 10.2. The van der Waals surface area contributed by atoms with Gasteiger partial charge in [-0.05, 0) is 24.6 Å². The zero-order valence-electron chi connectivity index (χ0n) is 13.3. The highest BCUT2D eigenvalue weighted by Crippen LogP contribution is 2.17. The van der Waals surface area contributed by atoms with E-state index >= 15 is 0 Å². The van der Waals surface area contributed by atoms with Crippen molar-refractivity contribution in [2.45, 2.75) is 20.0 Å². The third-order valence-corrected chi connectivity index (χ3v) is 3.52. The average molecular weight is 347 g/mol. The topological polar surface area (TPSA) is 79.6 Å². The Labute approximate surface area is 145 Å². The van der Waals surface area contributed by atoms with Gasteiger partial charge in [-0.3, -0.25) is 10.1 Å². The van der Waals surface area contributed by atoms with E-state index in [2.05, 4.69) is 15.6 Å². The Morgan fingerprint density at radius 3 is 2.71 bits per heavy atom. The van der Waals surface area contributed by atoms with Gasteiger partial charge in [-0.25, -0.2) is 4.99 Å². The standard InChI is InChI=1S/C17H19ClN4O2/c1-2-19-17(20-11-13-6-5-8-15(18)10-13)21-12-14-7-3-4-9-16(14)22(23)24/h3-10H,2,11-12H2,1H3,(H2,19,20,21). The van der Waals surface area contributed by atoms with Crippen molar-refractivity contribution in [3.05, 3.63) is 74.8 Å². The van der Waals surface area contributed by atoms with Crippen LogP contribution in [0.5, 0.6) is 0 Å². The Morgan fingerprint density at radius 1 is 1.21 bits per heavy atom. The number of nitro groups is 1. The van der Waals surface area contributed by atoms with E-state index in [0.717, 1.165) is 5.56 Å². The van der Waals surface area contributed by atoms with Crippen molar-refractivity contribution in [2.75, 3.05) is 6.54 Å². The summed E-state index contributed by atoms with van der Waals surface area (Å²) in [7, 11) is 0. The molecule has 0 saturated heterocycles. The van der Waals surface area contributed by atoms with Crippen LogP contribution < -0.4 is 10.6 Å². The lowest BCUT2D eigenvalue weighted by Crippen LogP contribution is -2.36. The molecule has 0 amide bonds. The average Bonchev–Trinajstić information content (AvgIpc) is 2.57. The minimum atomic E-state index is -0.382. The normalized spacial score (nSPS) is 11.2. The van der Waals surface area contributed by atoms with Crippen molar-refractivity contribution < 1.29 is 4.92 Å². The molecule has 0 aromatic heterocycles.